The van der Waals surface area contributed by atoms with Crippen LogP contribution in [0.25, 0.3) is 11.1 Å². The van der Waals surface area contributed by atoms with E-state index in [0.717, 1.165) is 11.1 Å². The van der Waals surface area contributed by atoms with Crippen molar-refractivity contribution < 1.29 is 16.8 Å². The molecule has 0 amide bonds. The van der Waals surface area contributed by atoms with Gasteiger partial charge in [0.05, 0.1) is 10.1 Å². The number of fused-ring (bicyclic) bond motifs is 2. The van der Waals surface area contributed by atoms with Crippen molar-refractivity contribution >= 4 is 31.5 Å². The molecule has 0 radical (unpaired) electrons. The SMILES string of the molecule is CS(=O)(=O)C1CC2CCC(C1)N2S(=O)(=O)c1cccc(-c2ccc(Cl)cc2)c1. The van der Waals surface area contributed by atoms with E-state index in [2.05, 4.69) is 0 Å². The van der Waals surface area contributed by atoms with E-state index in [1.165, 1.54) is 6.26 Å². The van der Waals surface area contributed by atoms with E-state index in [9.17, 15) is 16.8 Å². The smallest absolute Gasteiger partial charge is 0.229 e. The minimum Gasteiger partial charge on any atom is -0.229 e. The lowest BCUT2D eigenvalue weighted by atomic mass is 10.1. The molecule has 8 heteroatoms. The Morgan fingerprint density at radius 2 is 1.50 bits per heavy atom. The highest BCUT2D eigenvalue weighted by molar-refractivity contribution is 7.91. The maximum absolute atomic E-state index is 13.4. The molecule has 0 aromatic heterocycles. The van der Waals surface area contributed by atoms with Crippen LogP contribution in [0.1, 0.15) is 25.7 Å². The van der Waals surface area contributed by atoms with Crippen LogP contribution >= 0.6 is 11.6 Å². The van der Waals surface area contributed by atoms with Crippen molar-refractivity contribution in [2.24, 2.45) is 0 Å². The summed E-state index contributed by atoms with van der Waals surface area (Å²) in [5.74, 6) is 0. The predicted octanol–water partition coefficient (Wildman–Crippen LogP) is 3.74. The molecule has 2 aliphatic rings. The van der Waals surface area contributed by atoms with E-state index in [1.54, 1.807) is 34.6 Å². The number of sulfone groups is 1. The monoisotopic (exact) mass is 439 g/mol. The summed E-state index contributed by atoms with van der Waals surface area (Å²) < 4.78 is 52.3. The van der Waals surface area contributed by atoms with Crippen LogP contribution in [-0.4, -0.2) is 44.7 Å². The molecule has 4 rings (SSSR count). The summed E-state index contributed by atoms with van der Waals surface area (Å²) in [7, 11) is -6.86. The zero-order valence-corrected chi connectivity index (χ0v) is 17.8. The summed E-state index contributed by atoms with van der Waals surface area (Å²) in [6, 6.07) is 13.7. The number of benzene rings is 2. The summed E-state index contributed by atoms with van der Waals surface area (Å²) in [5.41, 5.74) is 1.69. The lowest BCUT2D eigenvalue weighted by molar-refractivity contribution is 0.249. The van der Waals surface area contributed by atoms with Crippen molar-refractivity contribution in [1.82, 2.24) is 4.31 Å². The third kappa shape index (κ3) is 3.61. The molecule has 2 heterocycles. The maximum atomic E-state index is 13.4. The molecule has 28 heavy (non-hydrogen) atoms. The lowest BCUT2D eigenvalue weighted by Crippen LogP contribution is -2.49. The summed E-state index contributed by atoms with van der Waals surface area (Å²) in [5, 5.41) is 0.176. The molecule has 0 saturated carbocycles. The first kappa shape index (κ1) is 19.9. The highest BCUT2D eigenvalue weighted by atomic mass is 35.5. The topological polar surface area (TPSA) is 71.5 Å². The van der Waals surface area contributed by atoms with Crippen molar-refractivity contribution in [2.45, 2.75) is 47.9 Å². The molecule has 2 aliphatic heterocycles. The molecular formula is C20H22ClNO4S2. The van der Waals surface area contributed by atoms with Crippen LogP contribution in [0, 0.1) is 0 Å². The van der Waals surface area contributed by atoms with Gasteiger partial charge in [0.15, 0.2) is 0 Å². The first-order valence-corrected chi connectivity index (χ1v) is 13.0. The minimum absolute atomic E-state index is 0.245. The fourth-order valence-electron chi connectivity index (χ4n) is 4.43. The number of rotatable bonds is 4. The molecule has 0 aliphatic carbocycles. The standard InChI is InChI=1S/C20H22ClNO4S2/c1-27(23,24)20-12-17-9-10-18(13-20)22(17)28(25,26)19-4-2-3-15(11-19)14-5-7-16(21)8-6-14/h2-8,11,17-18,20H,9-10,12-13H2,1H3. The van der Waals surface area contributed by atoms with E-state index in [1.807, 2.05) is 18.2 Å². The second-order valence-electron chi connectivity index (χ2n) is 7.68. The maximum Gasteiger partial charge on any atom is 0.243 e. The Morgan fingerprint density at radius 3 is 2.07 bits per heavy atom. The van der Waals surface area contributed by atoms with Gasteiger partial charge in [0.1, 0.15) is 9.84 Å². The molecule has 2 atom stereocenters. The van der Waals surface area contributed by atoms with Gasteiger partial charge in [-0.1, -0.05) is 35.9 Å². The van der Waals surface area contributed by atoms with Gasteiger partial charge in [-0.25, -0.2) is 16.8 Å². The summed E-state index contributed by atoms with van der Waals surface area (Å²) in [6.07, 6.45) is 3.44. The van der Waals surface area contributed by atoms with Crippen LogP contribution in [0.15, 0.2) is 53.4 Å². The van der Waals surface area contributed by atoms with Crippen molar-refractivity contribution in [3.8, 4) is 11.1 Å². The average molecular weight is 440 g/mol. The van der Waals surface area contributed by atoms with Crippen molar-refractivity contribution in [3.05, 3.63) is 53.6 Å². The van der Waals surface area contributed by atoms with Crippen molar-refractivity contribution in [1.29, 1.82) is 0 Å². The Balaban J connectivity index is 1.66. The van der Waals surface area contributed by atoms with Crippen LogP contribution in [-0.2, 0) is 19.9 Å². The Hall–Kier alpha value is -1.41. The van der Waals surface area contributed by atoms with E-state index in [0.29, 0.717) is 30.7 Å². The van der Waals surface area contributed by atoms with Gasteiger partial charge in [-0.15, -0.1) is 0 Å². The minimum atomic E-state index is -3.69. The first-order valence-electron chi connectivity index (χ1n) is 9.24. The molecule has 5 nitrogen and oxygen atoms in total. The Kier molecular flexibility index (Phi) is 5.06. The molecule has 0 N–H and O–H groups in total. The van der Waals surface area contributed by atoms with Gasteiger partial charge in [0.2, 0.25) is 10.0 Å². The zero-order valence-electron chi connectivity index (χ0n) is 15.5. The number of sulfonamides is 1. The Labute approximate surface area is 171 Å². The molecule has 2 unspecified atom stereocenters. The molecule has 2 fully saturated rings. The van der Waals surface area contributed by atoms with Gasteiger partial charge in [0.25, 0.3) is 0 Å². The number of piperidine rings is 1. The van der Waals surface area contributed by atoms with Crippen LogP contribution in [0.4, 0.5) is 0 Å². The van der Waals surface area contributed by atoms with Gasteiger partial charge >= 0.3 is 0 Å². The quantitative estimate of drug-likeness (QED) is 0.727. The molecule has 2 saturated heterocycles. The fourth-order valence-corrected chi connectivity index (χ4v) is 7.63. The highest BCUT2D eigenvalue weighted by Crippen LogP contribution is 2.42. The number of hydrogen-bond donors (Lipinski definition) is 0. The van der Waals surface area contributed by atoms with Gasteiger partial charge < -0.3 is 0 Å². The van der Waals surface area contributed by atoms with Crippen molar-refractivity contribution in [3.63, 3.8) is 0 Å². The molecule has 150 valence electrons. The molecule has 2 aromatic carbocycles. The lowest BCUT2D eigenvalue weighted by Gasteiger charge is -2.37. The molecule has 2 aromatic rings. The van der Waals surface area contributed by atoms with Gasteiger partial charge in [-0.2, -0.15) is 4.31 Å². The number of halogens is 1. The third-order valence-electron chi connectivity index (χ3n) is 5.82. The van der Waals surface area contributed by atoms with E-state index < -0.39 is 25.1 Å². The second kappa shape index (κ2) is 7.13. The first-order chi connectivity index (χ1) is 13.2. The second-order valence-corrected chi connectivity index (χ2v) is 12.3. The van der Waals surface area contributed by atoms with Gasteiger partial charge in [0, 0.05) is 23.4 Å². The molecule has 2 bridgehead atoms. The largest absolute Gasteiger partial charge is 0.243 e. The number of nitrogens with zero attached hydrogens (tertiary/aromatic N) is 1. The number of hydrogen-bond acceptors (Lipinski definition) is 4. The Morgan fingerprint density at radius 1 is 0.893 bits per heavy atom. The van der Waals surface area contributed by atoms with Gasteiger partial charge in [-0.3, -0.25) is 0 Å². The van der Waals surface area contributed by atoms with Crippen LogP contribution < -0.4 is 0 Å². The summed E-state index contributed by atoms with van der Waals surface area (Å²) in [6.45, 7) is 0. The zero-order chi connectivity index (χ0) is 20.1. The summed E-state index contributed by atoms with van der Waals surface area (Å²) >= 11 is 5.94. The highest BCUT2D eigenvalue weighted by Gasteiger charge is 2.49. The molecule has 0 spiro atoms. The normalized spacial score (nSPS) is 25.7. The van der Waals surface area contributed by atoms with Crippen LogP contribution in [0.2, 0.25) is 5.02 Å². The third-order valence-corrected chi connectivity index (χ3v) is 9.66. The molecular weight excluding hydrogens is 418 g/mol. The van der Waals surface area contributed by atoms with Crippen LogP contribution in [0.5, 0.6) is 0 Å². The fraction of sp³-hybridized carbons (Fsp3) is 0.400. The predicted molar refractivity (Wildman–Crippen MR) is 111 cm³/mol. The average Bonchev–Trinajstić information content (AvgIpc) is 2.92. The Bertz CT molecular complexity index is 1080. The van der Waals surface area contributed by atoms with Crippen LogP contribution in [0.3, 0.4) is 0 Å². The summed E-state index contributed by atoms with van der Waals surface area (Å²) in [4.78, 5) is 0.245. The van der Waals surface area contributed by atoms with E-state index in [-0.39, 0.29) is 17.0 Å². The van der Waals surface area contributed by atoms with Crippen molar-refractivity contribution in [2.75, 3.05) is 6.26 Å². The van der Waals surface area contributed by atoms with Gasteiger partial charge in [-0.05, 0) is 61.1 Å². The van der Waals surface area contributed by atoms with E-state index in [4.69, 9.17) is 11.6 Å². The van der Waals surface area contributed by atoms with E-state index >= 15 is 0 Å².